The Morgan fingerprint density at radius 1 is 1.07 bits per heavy atom. The molecular weight excluding hydrogens is 362 g/mol. The van der Waals surface area contributed by atoms with Gasteiger partial charge in [-0.25, -0.2) is 13.4 Å². The molecule has 1 aliphatic rings. The predicted molar refractivity (Wildman–Crippen MR) is 105 cm³/mol. The van der Waals surface area contributed by atoms with E-state index in [1.54, 1.807) is 31.3 Å². The van der Waals surface area contributed by atoms with Crippen LogP contribution in [-0.2, 0) is 10.0 Å². The first-order valence-electron chi connectivity index (χ1n) is 9.21. The number of aryl methyl sites for hydroxylation is 1. The van der Waals surface area contributed by atoms with Crippen molar-refractivity contribution in [2.24, 2.45) is 0 Å². The van der Waals surface area contributed by atoms with E-state index in [1.807, 2.05) is 13.0 Å². The summed E-state index contributed by atoms with van der Waals surface area (Å²) in [5.41, 5.74) is 1.61. The van der Waals surface area contributed by atoms with Crippen molar-refractivity contribution in [1.29, 1.82) is 0 Å². The van der Waals surface area contributed by atoms with Crippen LogP contribution in [0.25, 0.3) is 0 Å². The highest BCUT2D eigenvalue weighted by Crippen LogP contribution is 2.27. The highest BCUT2D eigenvalue weighted by Gasteiger charge is 2.28. The number of aromatic nitrogens is 1. The van der Waals surface area contributed by atoms with Crippen molar-refractivity contribution in [3.63, 3.8) is 0 Å². The second kappa shape index (κ2) is 8.19. The van der Waals surface area contributed by atoms with E-state index >= 15 is 0 Å². The normalized spacial score (nSPS) is 15.7. The molecule has 1 aromatic carbocycles. The van der Waals surface area contributed by atoms with Crippen molar-refractivity contribution >= 4 is 21.6 Å². The van der Waals surface area contributed by atoms with Crippen molar-refractivity contribution in [1.82, 2.24) is 9.29 Å². The molecule has 1 amide bonds. The van der Waals surface area contributed by atoms with E-state index in [1.165, 1.54) is 22.9 Å². The van der Waals surface area contributed by atoms with Gasteiger partial charge in [-0.1, -0.05) is 25.3 Å². The minimum absolute atomic E-state index is 0.0653. The highest BCUT2D eigenvalue weighted by molar-refractivity contribution is 7.89. The third-order valence-electron chi connectivity index (χ3n) is 5.00. The summed E-state index contributed by atoms with van der Waals surface area (Å²) in [6, 6.07) is 11.6. The van der Waals surface area contributed by atoms with E-state index in [9.17, 15) is 13.2 Å². The maximum absolute atomic E-state index is 12.9. The molecule has 0 radical (unpaired) electrons. The number of benzene rings is 1. The fourth-order valence-electron chi connectivity index (χ4n) is 3.38. The van der Waals surface area contributed by atoms with Gasteiger partial charge in [-0.2, -0.15) is 4.31 Å². The van der Waals surface area contributed by atoms with Crippen LogP contribution in [0, 0.1) is 6.92 Å². The molecule has 2 aromatic rings. The van der Waals surface area contributed by atoms with Gasteiger partial charge in [0.25, 0.3) is 5.91 Å². The minimum atomic E-state index is -3.53. The first kappa shape index (κ1) is 19.5. The maximum atomic E-state index is 12.9. The number of hydrogen-bond acceptors (Lipinski definition) is 4. The number of sulfonamides is 1. The SMILES string of the molecule is Cc1cccc(C(=O)Nc2ccc(S(=O)(=O)N(C)C3CCCCC3)cc2)n1. The lowest BCUT2D eigenvalue weighted by atomic mass is 9.96. The molecule has 1 aliphatic carbocycles. The maximum Gasteiger partial charge on any atom is 0.274 e. The summed E-state index contributed by atoms with van der Waals surface area (Å²) in [5.74, 6) is -0.325. The van der Waals surface area contributed by atoms with Crippen LogP contribution in [-0.4, -0.2) is 36.7 Å². The average molecular weight is 388 g/mol. The van der Waals surface area contributed by atoms with Crippen LogP contribution in [0.4, 0.5) is 5.69 Å². The molecule has 0 bridgehead atoms. The molecule has 1 N–H and O–H groups in total. The monoisotopic (exact) mass is 387 g/mol. The summed E-state index contributed by atoms with van der Waals surface area (Å²) in [7, 11) is -1.88. The van der Waals surface area contributed by atoms with Gasteiger partial charge in [0.2, 0.25) is 10.0 Å². The van der Waals surface area contributed by atoms with Crippen molar-refractivity contribution < 1.29 is 13.2 Å². The smallest absolute Gasteiger partial charge is 0.274 e. The second-order valence-corrected chi connectivity index (χ2v) is 8.95. The molecule has 0 atom stereocenters. The zero-order valence-corrected chi connectivity index (χ0v) is 16.5. The molecule has 1 fully saturated rings. The second-order valence-electron chi connectivity index (χ2n) is 6.96. The fourth-order valence-corrected chi connectivity index (χ4v) is 4.80. The number of carbonyl (C=O) groups excluding carboxylic acids is 1. The third-order valence-corrected chi connectivity index (χ3v) is 6.92. The minimum Gasteiger partial charge on any atom is -0.321 e. The lowest BCUT2D eigenvalue weighted by Crippen LogP contribution is -2.38. The number of rotatable bonds is 5. The number of pyridine rings is 1. The molecule has 27 heavy (non-hydrogen) atoms. The third kappa shape index (κ3) is 4.54. The molecule has 0 aliphatic heterocycles. The molecule has 0 saturated heterocycles. The van der Waals surface area contributed by atoms with E-state index in [-0.39, 0.29) is 16.8 Å². The van der Waals surface area contributed by atoms with Crippen molar-refractivity contribution in [2.45, 2.75) is 50.0 Å². The first-order valence-corrected chi connectivity index (χ1v) is 10.6. The Balaban J connectivity index is 1.71. The molecule has 0 unspecified atom stereocenters. The fraction of sp³-hybridized carbons (Fsp3) is 0.400. The quantitative estimate of drug-likeness (QED) is 0.850. The van der Waals surface area contributed by atoms with Gasteiger partial charge >= 0.3 is 0 Å². The number of nitrogens with one attached hydrogen (secondary N) is 1. The van der Waals surface area contributed by atoms with E-state index in [4.69, 9.17) is 0 Å². The van der Waals surface area contributed by atoms with Gasteiger partial charge in [0.05, 0.1) is 4.90 Å². The van der Waals surface area contributed by atoms with E-state index in [0.29, 0.717) is 11.4 Å². The Kier molecular flexibility index (Phi) is 5.92. The molecule has 3 rings (SSSR count). The molecule has 1 heterocycles. The first-order chi connectivity index (χ1) is 12.9. The number of nitrogens with zero attached hydrogens (tertiary/aromatic N) is 2. The zero-order valence-electron chi connectivity index (χ0n) is 15.7. The molecule has 1 aromatic heterocycles. The molecular formula is C20H25N3O3S. The number of amides is 1. The van der Waals surface area contributed by atoms with Gasteiger partial charge in [-0.05, 0) is 56.2 Å². The van der Waals surface area contributed by atoms with Crippen molar-refractivity contribution in [3.05, 3.63) is 53.9 Å². The van der Waals surface area contributed by atoms with Crippen LogP contribution in [0.2, 0.25) is 0 Å². The standard InChI is InChI=1S/C20H25N3O3S/c1-15-7-6-10-19(21-15)20(24)22-16-11-13-18(14-12-16)27(25,26)23(2)17-8-4-3-5-9-17/h6-7,10-14,17H,3-5,8-9H2,1-2H3,(H,22,24). The predicted octanol–water partition coefficient (Wildman–Crippen LogP) is 3.60. The van der Waals surface area contributed by atoms with Crippen LogP contribution < -0.4 is 5.32 Å². The summed E-state index contributed by atoms with van der Waals surface area (Å²) in [4.78, 5) is 16.7. The van der Waals surface area contributed by atoms with Crippen LogP contribution >= 0.6 is 0 Å². The summed E-state index contributed by atoms with van der Waals surface area (Å²) in [6.07, 6.45) is 5.14. The largest absolute Gasteiger partial charge is 0.321 e. The summed E-state index contributed by atoms with van der Waals surface area (Å²) >= 11 is 0. The van der Waals surface area contributed by atoms with Crippen LogP contribution in [0.15, 0.2) is 47.4 Å². The lowest BCUT2D eigenvalue weighted by molar-refractivity contribution is 0.102. The number of hydrogen-bond donors (Lipinski definition) is 1. The van der Waals surface area contributed by atoms with Crippen molar-refractivity contribution in [2.75, 3.05) is 12.4 Å². The van der Waals surface area contributed by atoms with Gasteiger partial charge in [-0.15, -0.1) is 0 Å². The molecule has 6 nitrogen and oxygen atoms in total. The number of anilines is 1. The summed E-state index contributed by atoms with van der Waals surface area (Å²) in [5, 5.41) is 2.75. The van der Waals surface area contributed by atoms with Gasteiger partial charge in [0.1, 0.15) is 5.69 Å². The highest BCUT2D eigenvalue weighted by atomic mass is 32.2. The Morgan fingerprint density at radius 3 is 2.37 bits per heavy atom. The number of carbonyl (C=O) groups is 1. The van der Waals surface area contributed by atoms with Crippen LogP contribution in [0.5, 0.6) is 0 Å². The van der Waals surface area contributed by atoms with Crippen LogP contribution in [0.1, 0.15) is 48.3 Å². The molecule has 144 valence electrons. The Hall–Kier alpha value is -2.25. The molecule has 1 saturated carbocycles. The summed E-state index contributed by atoms with van der Waals surface area (Å²) in [6.45, 7) is 1.82. The Morgan fingerprint density at radius 2 is 1.74 bits per heavy atom. The van der Waals surface area contributed by atoms with E-state index in [2.05, 4.69) is 10.3 Å². The van der Waals surface area contributed by atoms with Crippen LogP contribution in [0.3, 0.4) is 0 Å². The van der Waals surface area contributed by atoms with E-state index < -0.39 is 10.0 Å². The van der Waals surface area contributed by atoms with Gasteiger partial charge in [0, 0.05) is 24.5 Å². The van der Waals surface area contributed by atoms with Gasteiger partial charge in [0.15, 0.2) is 0 Å². The lowest BCUT2D eigenvalue weighted by Gasteiger charge is -2.30. The van der Waals surface area contributed by atoms with Gasteiger partial charge < -0.3 is 5.32 Å². The Labute approximate surface area is 160 Å². The van der Waals surface area contributed by atoms with E-state index in [0.717, 1.165) is 31.4 Å². The topological polar surface area (TPSA) is 79.4 Å². The molecule has 0 spiro atoms. The zero-order chi connectivity index (χ0) is 19.4. The molecule has 7 heteroatoms. The summed E-state index contributed by atoms with van der Waals surface area (Å²) < 4.78 is 27.2. The van der Waals surface area contributed by atoms with Crippen molar-refractivity contribution in [3.8, 4) is 0 Å². The average Bonchev–Trinajstić information content (AvgIpc) is 2.68. The Bertz CT molecular complexity index is 904. The van der Waals surface area contributed by atoms with Gasteiger partial charge in [-0.3, -0.25) is 4.79 Å².